The molecule has 1 aromatic carbocycles. The smallest absolute Gasteiger partial charge is 0.262 e. The standard InChI is InChI=1S/C17H18N2O2S/c1-12(2)21-9-8-19-11-18-16-14(17(19)20)10-15(22-16)13-6-4-3-5-7-13/h3-7,10-12H,8-9H2,1-2H3. The molecule has 114 valence electrons. The third kappa shape index (κ3) is 3.10. The Balaban J connectivity index is 1.92. The van der Waals surface area contributed by atoms with Crippen LogP contribution in [0.15, 0.2) is 47.5 Å². The molecule has 0 aliphatic rings. The first kappa shape index (κ1) is 14.9. The van der Waals surface area contributed by atoms with Crippen molar-refractivity contribution in [1.82, 2.24) is 9.55 Å². The third-order valence-electron chi connectivity index (χ3n) is 3.36. The van der Waals surface area contributed by atoms with Gasteiger partial charge in [-0.3, -0.25) is 9.36 Å². The van der Waals surface area contributed by atoms with Crippen LogP contribution in [-0.4, -0.2) is 22.3 Å². The quantitative estimate of drug-likeness (QED) is 0.723. The van der Waals surface area contributed by atoms with Crippen LogP contribution in [0.5, 0.6) is 0 Å². The Morgan fingerprint density at radius 3 is 2.77 bits per heavy atom. The molecule has 2 aromatic heterocycles. The Labute approximate surface area is 133 Å². The zero-order chi connectivity index (χ0) is 15.5. The average Bonchev–Trinajstić information content (AvgIpc) is 2.95. The van der Waals surface area contributed by atoms with Crippen LogP contribution < -0.4 is 5.56 Å². The molecular formula is C17H18N2O2S. The zero-order valence-corrected chi connectivity index (χ0v) is 13.5. The van der Waals surface area contributed by atoms with E-state index < -0.39 is 0 Å². The van der Waals surface area contributed by atoms with Gasteiger partial charge in [0, 0.05) is 4.88 Å². The van der Waals surface area contributed by atoms with Crippen molar-refractivity contribution in [2.24, 2.45) is 0 Å². The lowest BCUT2D eigenvalue weighted by molar-refractivity contribution is 0.0722. The number of hydrogen-bond donors (Lipinski definition) is 0. The van der Waals surface area contributed by atoms with E-state index >= 15 is 0 Å². The van der Waals surface area contributed by atoms with E-state index in [0.717, 1.165) is 15.3 Å². The van der Waals surface area contributed by atoms with Crippen LogP contribution in [-0.2, 0) is 11.3 Å². The van der Waals surface area contributed by atoms with Crippen molar-refractivity contribution in [3.8, 4) is 10.4 Å². The van der Waals surface area contributed by atoms with Crippen LogP contribution in [0.2, 0.25) is 0 Å². The van der Waals surface area contributed by atoms with Gasteiger partial charge in [0.05, 0.1) is 31.0 Å². The molecule has 0 amide bonds. The summed E-state index contributed by atoms with van der Waals surface area (Å²) in [6.45, 7) is 5.00. The first-order chi connectivity index (χ1) is 10.6. The van der Waals surface area contributed by atoms with Crippen LogP contribution in [0.4, 0.5) is 0 Å². The average molecular weight is 314 g/mol. The Morgan fingerprint density at radius 2 is 2.05 bits per heavy atom. The fourth-order valence-corrected chi connectivity index (χ4v) is 3.25. The van der Waals surface area contributed by atoms with E-state index in [0.29, 0.717) is 18.5 Å². The summed E-state index contributed by atoms with van der Waals surface area (Å²) in [7, 11) is 0. The number of rotatable bonds is 5. The lowest BCUT2D eigenvalue weighted by Gasteiger charge is -2.08. The van der Waals surface area contributed by atoms with E-state index in [1.165, 1.54) is 0 Å². The molecule has 0 radical (unpaired) electrons. The minimum atomic E-state index is -0.00390. The van der Waals surface area contributed by atoms with E-state index in [9.17, 15) is 4.79 Å². The fourth-order valence-electron chi connectivity index (χ4n) is 2.25. The lowest BCUT2D eigenvalue weighted by atomic mass is 10.2. The molecule has 2 heterocycles. The van der Waals surface area contributed by atoms with Gasteiger partial charge in [0.25, 0.3) is 5.56 Å². The molecule has 22 heavy (non-hydrogen) atoms. The molecule has 3 rings (SSSR count). The summed E-state index contributed by atoms with van der Waals surface area (Å²) in [6.07, 6.45) is 1.78. The van der Waals surface area contributed by atoms with Crippen LogP contribution in [0.25, 0.3) is 20.7 Å². The SMILES string of the molecule is CC(C)OCCn1cnc2sc(-c3ccccc3)cc2c1=O. The highest BCUT2D eigenvalue weighted by Crippen LogP contribution is 2.30. The number of benzene rings is 1. The number of nitrogens with zero attached hydrogens (tertiary/aromatic N) is 2. The molecule has 4 nitrogen and oxygen atoms in total. The highest BCUT2D eigenvalue weighted by atomic mass is 32.1. The summed E-state index contributed by atoms with van der Waals surface area (Å²) in [6, 6.07) is 12.0. The first-order valence-corrected chi connectivity index (χ1v) is 8.13. The fraction of sp³-hybridized carbons (Fsp3) is 0.294. The summed E-state index contributed by atoms with van der Waals surface area (Å²) >= 11 is 1.55. The van der Waals surface area contributed by atoms with E-state index in [4.69, 9.17) is 4.74 Å². The van der Waals surface area contributed by atoms with Crippen molar-refractivity contribution in [3.63, 3.8) is 0 Å². The highest BCUT2D eigenvalue weighted by molar-refractivity contribution is 7.21. The van der Waals surface area contributed by atoms with Gasteiger partial charge >= 0.3 is 0 Å². The summed E-state index contributed by atoms with van der Waals surface area (Å²) < 4.78 is 7.12. The number of ether oxygens (including phenoxy) is 1. The Morgan fingerprint density at radius 1 is 1.27 bits per heavy atom. The van der Waals surface area contributed by atoms with Crippen molar-refractivity contribution in [2.75, 3.05) is 6.61 Å². The van der Waals surface area contributed by atoms with Crippen LogP contribution in [0.3, 0.4) is 0 Å². The van der Waals surface area contributed by atoms with Crippen molar-refractivity contribution in [1.29, 1.82) is 0 Å². The second kappa shape index (κ2) is 6.42. The molecule has 0 bridgehead atoms. The summed E-state index contributed by atoms with van der Waals surface area (Å²) in [4.78, 5) is 18.8. The van der Waals surface area contributed by atoms with Gasteiger partial charge in [-0.25, -0.2) is 4.98 Å². The molecular weight excluding hydrogens is 296 g/mol. The van der Waals surface area contributed by atoms with E-state index in [2.05, 4.69) is 4.98 Å². The Kier molecular flexibility index (Phi) is 4.36. The minimum absolute atomic E-state index is 0.00390. The summed E-state index contributed by atoms with van der Waals surface area (Å²) in [5.74, 6) is 0. The van der Waals surface area contributed by atoms with Crippen LogP contribution >= 0.6 is 11.3 Å². The zero-order valence-electron chi connectivity index (χ0n) is 12.7. The van der Waals surface area contributed by atoms with E-state index in [-0.39, 0.29) is 11.7 Å². The predicted octanol–water partition coefficient (Wildman–Crippen LogP) is 3.55. The maximum absolute atomic E-state index is 12.5. The maximum Gasteiger partial charge on any atom is 0.262 e. The number of hydrogen-bond acceptors (Lipinski definition) is 4. The molecule has 0 saturated carbocycles. The Bertz CT molecular complexity index is 822. The van der Waals surface area contributed by atoms with Crippen LogP contribution in [0, 0.1) is 0 Å². The van der Waals surface area contributed by atoms with Gasteiger partial charge in [0.15, 0.2) is 0 Å². The van der Waals surface area contributed by atoms with Gasteiger partial charge in [-0.15, -0.1) is 11.3 Å². The molecule has 0 atom stereocenters. The third-order valence-corrected chi connectivity index (χ3v) is 4.45. The van der Waals surface area contributed by atoms with E-state index in [1.807, 2.05) is 50.2 Å². The minimum Gasteiger partial charge on any atom is -0.377 e. The molecule has 0 aliphatic carbocycles. The summed E-state index contributed by atoms with van der Waals surface area (Å²) in [5.41, 5.74) is 1.11. The predicted molar refractivity (Wildman–Crippen MR) is 90.4 cm³/mol. The van der Waals surface area contributed by atoms with Gasteiger partial charge < -0.3 is 4.74 Å². The molecule has 3 aromatic rings. The molecule has 0 unspecified atom stereocenters. The second-order valence-electron chi connectivity index (χ2n) is 5.36. The van der Waals surface area contributed by atoms with Gasteiger partial charge in [-0.1, -0.05) is 30.3 Å². The molecule has 0 N–H and O–H groups in total. The van der Waals surface area contributed by atoms with Crippen molar-refractivity contribution >= 4 is 21.6 Å². The first-order valence-electron chi connectivity index (χ1n) is 7.31. The molecule has 0 aliphatic heterocycles. The summed E-state index contributed by atoms with van der Waals surface area (Å²) in [5, 5.41) is 0.677. The van der Waals surface area contributed by atoms with Crippen molar-refractivity contribution < 1.29 is 4.74 Å². The lowest BCUT2D eigenvalue weighted by Crippen LogP contribution is -2.23. The topological polar surface area (TPSA) is 44.1 Å². The molecule has 0 fully saturated rings. The van der Waals surface area contributed by atoms with Gasteiger partial charge in [0.2, 0.25) is 0 Å². The number of aromatic nitrogens is 2. The molecule has 0 saturated heterocycles. The van der Waals surface area contributed by atoms with Crippen molar-refractivity contribution in [3.05, 3.63) is 53.1 Å². The van der Waals surface area contributed by atoms with Gasteiger partial charge in [-0.05, 0) is 25.5 Å². The maximum atomic E-state index is 12.5. The molecule has 0 spiro atoms. The largest absolute Gasteiger partial charge is 0.377 e. The van der Waals surface area contributed by atoms with Crippen molar-refractivity contribution in [2.45, 2.75) is 26.5 Å². The molecule has 5 heteroatoms. The van der Waals surface area contributed by atoms with Crippen LogP contribution in [0.1, 0.15) is 13.8 Å². The normalized spacial score (nSPS) is 11.4. The van der Waals surface area contributed by atoms with Gasteiger partial charge in [0.1, 0.15) is 4.83 Å². The monoisotopic (exact) mass is 314 g/mol. The second-order valence-corrected chi connectivity index (χ2v) is 6.39. The highest BCUT2D eigenvalue weighted by Gasteiger charge is 2.10. The van der Waals surface area contributed by atoms with E-state index in [1.54, 1.807) is 22.2 Å². The Hall–Kier alpha value is -1.98. The number of thiophene rings is 1. The number of fused-ring (bicyclic) bond motifs is 1. The van der Waals surface area contributed by atoms with Gasteiger partial charge in [-0.2, -0.15) is 0 Å².